The van der Waals surface area contributed by atoms with Crippen LogP contribution in [-0.2, 0) is 0 Å². The lowest BCUT2D eigenvalue weighted by Crippen LogP contribution is -2.00. The van der Waals surface area contributed by atoms with E-state index in [1.807, 2.05) is 6.07 Å². The Morgan fingerprint density at radius 1 is 1.33 bits per heavy atom. The molecule has 0 saturated heterocycles. The number of benzene rings is 1. The first-order valence-corrected chi connectivity index (χ1v) is 5.85. The van der Waals surface area contributed by atoms with Crippen molar-refractivity contribution < 1.29 is 4.39 Å². The first-order valence-electron chi connectivity index (χ1n) is 5.06. The van der Waals surface area contributed by atoms with Gasteiger partial charge in [-0.3, -0.25) is 0 Å². The topological polar surface area (TPSA) is 61.6 Å². The highest BCUT2D eigenvalue weighted by atomic mass is 79.9. The Balaban J connectivity index is 2.31. The number of nitrogens with zero attached hydrogens (tertiary/aromatic N) is 3. The Labute approximate surface area is 112 Å². The van der Waals surface area contributed by atoms with Gasteiger partial charge in [0.05, 0.1) is 4.47 Å². The van der Waals surface area contributed by atoms with Crippen LogP contribution in [0.5, 0.6) is 0 Å². The molecular formula is C12H8BrFN4. The van der Waals surface area contributed by atoms with Gasteiger partial charge >= 0.3 is 0 Å². The monoisotopic (exact) mass is 306 g/mol. The van der Waals surface area contributed by atoms with E-state index in [0.29, 0.717) is 15.9 Å². The van der Waals surface area contributed by atoms with Gasteiger partial charge in [0.1, 0.15) is 17.6 Å². The van der Waals surface area contributed by atoms with Gasteiger partial charge in [0.25, 0.3) is 0 Å². The number of nitrogens with one attached hydrogen (secondary N) is 1. The lowest BCUT2D eigenvalue weighted by molar-refractivity contribution is 0.622. The molecule has 0 bridgehead atoms. The summed E-state index contributed by atoms with van der Waals surface area (Å²) >= 11 is 3.07. The first kappa shape index (κ1) is 12.5. The predicted octanol–water partition coefficient (Wildman–Crippen LogP) is 3.30. The number of nitriles is 1. The highest BCUT2D eigenvalue weighted by Crippen LogP contribution is 2.21. The minimum absolute atomic E-state index is 0.266. The molecule has 0 unspecified atom stereocenters. The van der Waals surface area contributed by atoms with Gasteiger partial charge in [-0.25, -0.2) is 14.4 Å². The van der Waals surface area contributed by atoms with Gasteiger partial charge in [0, 0.05) is 11.4 Å². The molecule has 1 heterocycles. The molecule has 90 valence electrons. The standard InChI is InChI=1S/C12H8BrFN4/c1-7-4-9(6-15)18-12(16-7)17-8-2-3-10(13)11(14)5-8/h2-5H,1H3,(H,16,17,18). The first-order chi connectivity index (χ1) is 8.58. The van der Waals surface area contributed by atoms with Gasteiger partial charge in [0.2, 0.25) is 5.95 Å². The second kappa shape index (κ2) is 5.10. The van der Waals surface area contributed by atoms with Crippen LogP contribution in [0, 0.1) is 24.1 Å². The lowest BCUT2D eigenvalue weighted by Gasteiger charge is -2.06. The molecule has 0 aliphatic carbocycles. The van der Waals surface area contributed by atoms with E-state index in [4.69, 9.17) is 5.26 Å². The highest BCUT2D eigenvalue weighted by molar-refractivity contribution is 9.10. The summed E-state index contributed by atoms with van der Waals surface area (Å²) in [6.45, 7) is 1.76. The van der Waals surface area contributed by atoms with Crippen LogP contribution in [0.3, 0.4) is 0 Å². The zero-order valence-electron chi connectivity index (χ0n) is 9.41. The average molecular weight is 307 g/mol. The SMILES string of the molecule is Cc1cc(C#N)nc(Nc2ccc(Br)c(F)c2)n1. The smallest absolute Gasteiger partial charge is 0.228 e. The summed E-state index contributed by atoms with van der Waals surface area (Å²) in [5, 5.41) is 11.7. The Morgan fingerprint density at radius 3 is 2.78 bits per heavy atom. The van der Waals surface area contributed by atoms with Crippen molar-refractivity contribution in [2.75, 3.05) is 5.32 Å². The van der Waals surface area contributed by atoms with Crippen LogP contribution in [0.2, 0.25) is 0 Å². The number of anilines is 2. The van der Waals surface area contributed by atoms with Crippen LogP contribution in [0.15, 0.2) is 28.7 Å². The summed E-state index contributed by atoms with van der Waals surface area (Å²) in [4.78, 5) is 8.10. The number of aromatic nitrogens is 2. The molecule has 0 atom stereocenters. The maximum absolute atomic E-state index is 13.3. The average Bonchev–Trinajstić information content (AvgIpc) is 2.33. The Hall–Kier alpha value is -2.00. The van der Waals surface area contributed by atoms with Gasteiger partial charge in [-0.1, -0.05) is 0 Å². The fourth-order valence-corrected chi connectivity index (χ4v) is 1.63. The quantitative estimate of drug-likeness (QED) is 0.924. The van der Waals surface area contributed by atoms with Gasteiger partial charge < -0.3 is 5.32 Å². The summed E-state index contributed by atoms with van der Waals surface area (Å²) < 4.78 is 13.7. The van der Waals surface area contributed by atoms with E-state index in [9.17, 15) is 4.39 Å². The second-order valence-corrected chi connectivity index (χ2v) is 4.44. The summed E-state index contributed by atoms with van der Waals surface area (Å²) in [5.41, 5.74) is 1.45. The van der Waals surface area contributed by atoms with E-state index in [1.165, 1.54) is 6.07 Å². The van der Waals surface area contributed by atoms with Gasteiger partial charge in [0.15, 0.2) is 0 Å². The predicted molar refractivity (Wildman–Crippen MR) is 68.9 cm³/mol. The summed E-state index contributed by atoms with van der Waals surface area (Å²) in [6, 6.07) is 8.11. The Morgan fingerprint density at radius 2 is 2.11 bits per heavy atom. The minimum Gasteiger partial charge on any atom is -0.324 e. The summed E-state index contributed by atoms with van der Waals surface area (Å²) in [7, 11) is 0. The molecule has 0 fully saturated rings. The second-order valence-electron chi connectivity index (χ2n) is 3.58. The number of rotatable bonds is 2. The summed E-state index contributed by atoms with van der Waals surface area (Å²) in [6.07, 6.45) is 0. The van der Waals surface area contributed by atoms with Crippen LogP contribution in [0.1, 0.15) is 11.4 Å². The molecular weight excluding hydrogens is 299 g/mol. The van der Waals surface area contributed by atoms with Crippen molar-refractivity contribution in [2.45, 2.75) is 6.92 Å². The molecule has 2 aromatic rings. The normalized spacial score (nSPS) is 9.89. The van der Waals surface area contributed by atoms with E-state index in [0.717, 1.165) is 0 Å². The highest BCUT2D eigenvalue weighted by Gasteiger charge is 2.04. The van der Waals surface area contributed by atoms with Gasteiger partial charge in [-0.15, -0.1) is 0 Å². The van der Waals surface area contributed by atoms with Crippen molar-refractivity contribution >= 4 is 27.6 Å². The molecule has 0 saturated carbocycles. The van der Waals surface area contributed by atoms with Crippen LogP contribution >= 0.6 is 15.9 Å². The molecule has 0 spiro atoms. The third kappa shape index (κ3) is 2.81. The molecule has 0 aliphatic heterocycles. The van der Waals surface area contributed by atoms with E-state index in [1.54, 1.807) is 25.1 Å². The van der Waals surface area contributed by atoms with E-state index in [-0.39, 0.29) is 17.5 Å². The molecule has 6 heteroatoms. The molecule has 2 rings (SSSR count). The van der Waals surface area contributed by atoms with Crippen molar-refractivity contribution in [1.82, 2.24) is 9.97 Å². The third-order valence-electron chi connectivity index (χ3n) is 2.14. The van der Waals surface area contributed by atoms with E-state index < -0.39 is 0 Å². The van der Waals surface area contributed by atoms with E-state index in [2.05, 4.69) is 31.2 Å². The van der Waals surface area contributed by atoms with Crippen LogP contribution < -0.4 is 5.32 Å². The fraction of sp³-hybridized carbons (Fsp3) is 0.0833. The number of halogens is 2. The Kier molecular flexibility index (Phi) is 3.53. The van der Waals surface area contributed by atoms with Crippen molar-refractivity contribution in [3.63, 3.8) is 0 Å². The van der Waals surface area contributed by atoms with Gasteiger partial charge in [-0.2, -0.15) is 5.26 Å². The molecule has 18 heavy (non-hydrogen) atoms. The zero-order valence-corrected chi connectivity index (χ0v) is 11.0. The molecule has 4 nitrogen and oxygen atoms in total. The fourth-order valence-electron chi connectivity index (χ4n) is 1.38. The van der Waals surface area contributed by atoms with Crippen LogP contribution in [0.25, 0.3) is 0 Å². The zero-order chi connectivity index (χ0) is 13.1. The molecule has 1 aromatic carbocycles. The van der Waals surface area contributed by atoms with Crippen molar-refractivity contribution in [3.05, 3.63) is 45.9 Å². The number of aryl methyl sites for hydroxylation is 1. The van der Waals surface area contributed by atoms with Gasteiger partial charge in [-0.05, 0) is 47.1 Å². The minimum atomic E-state index is -0.381. The summed E-state index contributed by atoms with van der Waals surface area (Å²) in [5.74, 6) is -0.110. The van der Waals surface area contributed by atoms with Crippen LogP contribution in [-0.4, -0.2) is 9.97 Å². The molecule has 0 amide bonds. The number of hydrogen-bond acceptors (Lipinski definition) is 4. The molecule has 1 N–H and O–H groups in total. The molecule has 0 aliphatic rings. The van der Waals surface area contributed by atoms with Crippen molar-refractivity contribution in [1.29, 1.82) is 5.26 Å². The largest absolute Gasteiger partial charge is 0.324 e. The van der Waals surface area contributed by atoms with E-state index >= 15 is 0 Å². The lowest BCUT2D eigenvalue weighted by atomic mass is 10.3. The third-order valence-corrected chi connectivity index (χ3v) is 2.79. The molecule has 0 radical (unpaired) electrons. The maximum Gasteiger partial charge on any atom is 0.228 e. The Bertz CT molecular complexity index is 636. The molecule has 1 aromatic heterocycles. The maximum atomic E-state index is 13.3. The number of hydrogen-bond donors (Lipinski definition) is 1. The van der Waals surface area contributed by atoms with Crippen molar-refractivity contribution in [2.24, 2.45) is 0 Å². The van der Waals surface area contributed by atoms with Crippen molar-refractivity contribution in [3.8, 4) is 6.07 Å². The van der Waals surface area contributed by atoms with Crippen LogP contribution in [0.4, 0.5) is 16.0 Å².